The van der Waals surface area contributed by atoms with Gasteiger partial charge in [-0.1, -0.05) is 39.3 Å². The van der Waals surface area contributed by atoms with Gasteiger partial charge in [0, 0.05) is 0 Å². The average Bonchev–Trinajstić information content (AvgIpc) is 2.60. The highest BCUT2D eigenvalue weighted by molar-refractivity contribution is 5.43. The highest BCUT2D eigenvalue weighted by Gasteiger charge is 2.01. The summed E-state index contributed by atoms with van der Waals surface area (Å²) < 4.78 is 5.55. The molecule has 122 valence electrons. The summed E-state index contributed by atoms with van der Waals surface area (Å²) in [6.45, 7) is 7.34. The Bertz CT molecular complexity index is 603. The molecule has 0 heterocycles. The average molecular weight is 310 g/mol. The minimum Gasteiger partial charge on any atom is -0.494 e. The Morgan fingerprint density at radius 3 is 1.96 bits per heavy atom. The summed E-state index contributed by atoms with van der Waals surface area (Å²) >= 11 is 0. The van der Waals surface area contributed by atoms with Crippen LogP contribution in [0.15, 0.2) is 58.8 Å². The maximum Gasteiger partial charge on any atom is 0.119 e. The van der Waals surface area contributed by atoms with Crippen LogP contribution in [-0.2, 0) is 6.42 Å². The van der Waals surface area contributed by atoms with Crippen LogP contribution in [0.4, 0.5) is 11.4 Å². The molecule has 0 spiro atoms. The van der Waals surface area contributed by atoms with E-state index in [0.29, 0.717) is 0 Å². The minimum atomic E-state index is 0.718. The summed E-state index contributed by atoms with van der Waals surface area (Å²) in [6, 6.07) is 16.0. The smallest absolute Gasteiger partial charge is 0.119 e. The molecule has 0 N–H and O–H groups in total. The minimum absolute atomic E-state index is 0.718. The van der Waals surface area contributed by atoms with E-state index in [0.717, 1.165) is 42.5 Å². The molecule has 0 saturated heterocycles. The third-order valence-electron chi connectivity index (χ3n) is 3.81. The Balaban J connectivity index is 1.94. The lowest BCUT2D eigenvalue weighted by Crippen LogP contribution is -1.96. The summed E-state index contributed by atoms with van der Waals surface area (Å²) in [5.74, 6) is 1.59. The lowest BCUT2D eigenvalue weighted by Gasteiger charge is -2.07. The van der Waals surface area contributed by atoms with Gasteiger partial charge in [-0.25, -0.2) is 0 Å². The molecule has 0 aliphatic heterocycles. The van der Waals surface area contributed by atoms with Crippen LogP contribution in [0.2, 0.25) is 0 Å². The van der Waals surface area contributed by atoms with Gasteiger partial charge in [0.05, 0.1) is 18.0 Å². The van der Waals surface area contributed by atoms with Gasteiger partial charge in [0.1, 0.15) is 5.75 Å². The molecule has 2 aromatic rings. The van der Waals surface area contributed by atoms with Gasteiger partial charge in [-0.15, -0.1) is 0 Å². The monoisotopic (exact) mass is 310 g/mol. The summed E-state index contributed by atoms with van der Waals surface area (Å²) in [7, 11) is 0. The van der Waals surface area contributed by atoms with Crippen molar-refractivity contribution in [3.05, 3.63) is 54.1 Å². The van der Waals surface area contributed by atoms with Gasteiger partial charge >= 0.3 is 0 Å². The third kappa shape index (κ3) is 5.85. The molecule has 23 heavy (non-hydrogen) atoms. The maximum absolute atomic E-state index is 5.55. The number of nitrogens with zero attached hydrogens (tertiary/aromatic N) is 2. The largest absolute Gasteiger partial charge is 0.494 e. The Labute approximate surface area is 139 Å². The zero-order chi connectivity index (χ0) is 16.5. The molecule has 0 unspecified atom stereocenters. The van der Waals surface area contributed by atoms with Gasteiger partial charge in [0.2, 0.25) is 0 Å². The Kier molecular flexibility index (Phi) is 6.79. The second-order valence-corrected chi connectivity index (χ2v) is 5.93. The topological polar surface area (TPSA) is 34.0 Å². The van der Waals surface area contributed by atoms with Crippen molar-refractivity contribution in [1.82, 2.24) is 0 Å². The van der Waals surface area contributed by atoms with Crippen molar-refractivity contribution < 1.29 is 4.74 Å². The van der Waals surface area contributed by atoms with Gasteiger partial charge in [-0.3, -0.25) is 0 Å². The van der Waals surface area contributed by atoms with Crippen molar-refractivity contribution in [2.75, 3.05) is 6.61 Å². The fourth-order valence-electron chi connectivity index (χ4n) is 2.19. The van der Waals surface area contributed by atoms with Crippen LogP contribution < -0.4 is 4.74 Å². The van der Waals surface area contributed by atoms with Crippen molar-refractivity contribution in [3.8, 4) is 5.75 Å². The van der Waals surface area contributed by atoms with Crippen LogP contribution in [-0.4, -0.2) is 6.61 Å². The van der Waals surface area contributed by atoms with E-state index in [1.54, 1.807) is 0 Å². The molecule has 3 heteroatoms. The van der Waals surface area contributed by atoms with Crippen molar-refractivity contribution in [1.29, 1.82) is 0 Å². The lowest BCUT2D eigenvalue weighted by atomic mass is 9.99. The standard InChI is InChI=1S/C20H26N2O/c1-4-14-23-20-12-10-19(11-13-20)22-21-18-8-6-17(7-9-18)15-16(3)5-2/h6-13,16H,4-5,14-15H2,1-3H3/t16-/m1/s1. The number of hydrogen-bond donors (Lipinski definition) is 0. The fourth-order valence-corrected chi connectivity index (χ4v) is 2.19. The Morgan fingerprint density at radius 2 is 1.43 bits per heavy atom. The van der Waals surface area contributed by atoms with E-state index in [1.807, 2.05) is 36.4 Å². The first-order valence-electron chi connectivity index (χ1n) is 8.44. The highest BCUT2D eigenvalue weighted by atomic mass is 16.5. The van der Waals surface area contributed by atoms with Crippen LogP contribution in [0.5, 0.6) is 5.75 Å². The summed E-state index contributed by atoms with van der Waals surface area (Å²) in [5.41, 5.74) is 3.07. The van der Waals surface area contributed by atoms with E-state index >= 15 is 0 Å². The number of azo groups is 1. The van der Waals surface area contributed by atoms with Gasteiger partial charge in [0.15, 0.2) is 0 Å². The number of ether oxygens (including phenoxy) is 1. The van der Waals surface area contributed by atoms with E-state index in [9.17, 15) is 0 Å². The predicted octanol–water partition coefficient (Wildman–Crippen LogP) is 6.48. The molecule has 0 amide bonds. The fraction of sp³-hybridized carbons (Fsp3) is 0.400. The molecule has 0 aromatic heterocycles. The molecule has 0 fully saturated rings. The molecule has 1 atom stereocenters. The molecular weight excluding hydrogens is 284 g/mol. The van der Waals surface area contributed by atoms with Crippen molar-refractivity contribution >= 4 is 11.4 Å². The third-order valence-corrected chi connectivity index (χ3v) is 3.81. The molecule has 2 aromatic carbocycles. The first-order chi connectivity index (χ1) is 11.2. The SMILES string of the molecule is CCCOc1ccc(N=Nc2ccc(C[C@H](C)CC)cc2)cc1. The van der Waals surface area contributed by atoms with Crippen LogP contribution in [0.1, 0.15) is 39.2 Å². The van der Waals surface area contributed by atoms with E-state index in [-0.39, 0.29) is 0 Å². The van der Waals surface area contributed by atoms with Crippen LogP contribution in [0.25, 0.3) is 0 Å². The molecule has 0 saturated carbocycles. The second kappa shape index (κ2) is 9.09. The lowest BCUT2D eigenvalue weighted by molar-refractivity contribution is 0.317. The van der Waals surface area contributed by atoms with E-state index in [2.05, 4.69) is 43.1 Å². The van der Waals surface area contributed by atoms with Gasteiger partial charge in [-0.2, -0.15) is 10.2 Å². The van der Waals surface area contributed by atoms with Crippen LogP contribution in [0, 0.1) is 5.92 Å². The van der Waals surface area contributed by atoms with E-state index in [4.69, 9.17) is 4.74 Å². The van der Waals surface area contributed by atoms with Crippen molar-refractivity contribution in [2.24, 2.45) is 16.1 Å². The Morgan fingerprint density at radius 1 is 0.870 bits per heavy atom. The van der Waals surface area contributed by atoms with Gasteiger partial charge in [-0.05, 0) is 60.7 Å². The first kappa shape index (κ1) is 17.2. The summed E-state index contributed by atoms with van der Waals surface area (Å²) in [5, 5.41) is 8.57. The highest BCUT2D eigenvalue weighted by Crippen LogP contribution is 2.22. The number of benzene rings is 2. The van der Waals surface area contributed by atoms with E-state index < -0.39 is 0 Å². The first-order valence-corrected chi connectivity index (χ1v) is 8.44. The predicted molar refractivity (Wildman–Crippen MR) is 96.0 cm³/mol. The molecule has 0 bridgehead atoms. The van der Waals surface area contributed by atoms with Gasteiger partial charge in [0.25, 0.3) is 0 Å². The van der Waals surface area contributed by atoms with Crippen LogP contribution in [0.3, 0.4) is 0 Å². The molecule has 0 aliphatic rings. The maximum atomic E-state index is 5.55. The number of rotatable bonds is 8. The van der Waals surface area contributed by atoms with Crippen molar-refractivity contribution in [3.63, 3.8) is 0 Å². The number of hydrogen-bond acceptors (Lipinski definition) is 3. The Hall–Kier alpha value is -2.16. The zero-order valence-electron chi connectivity index (χ0n) is 14.3. The molecule has 2 rings (SSSR count). The van der Waals surface area contributed by atoms with Crippen molar-refractivity contribution in [2.45, 2.75) is 40.0 Å². The zero-order valence-corrected chi connectivity index (χ0v) is 14.3. The van der Waals surface area contributed by atoms with E-state index in [1.165, 1.54) is 12.0 Å². The van der Waals surface area contributed by atoms with Crippen LogP contribution >= 0.6 is 0 Å². The van der Waals surface area contributed by atoms with Gasteiger partial charge < -0.3 is 4.74 Å². The molecule has 0 radical (unpaired) electrons. The normalized spacial score (nSPS) is 12.5. The molecular formula is C20H26N2O. The quantitative estimate of drug-likeness (QED) is 0.514. The molecule has 3 nitrogen and oxygen atoms in total. The summed E-state index contributed by atoms with van der Waals surface area (Å²) in [6.07, 6.45) is 3.33. The second-order valence-electron chi connectivity index (χ2n) is 5.93. The molecule has 0 aliphatic carbocycles. The summed E-state index contributed by atoms with van der Waals surface area (Å²) in [4.78, 5) is 0.